The van der Waals surface area contributed by atoms with Gasteiger partial charge in [0.05, 0.1) is 12.2 Å². The third kappa shape index (κ3) is 9.41. The van der Waals surface area contributed by atoms with E-state index in [1.165, 1.54) is 19.3 Å². The minimum atomic E-state index is -3.86. The van der Waals surface area contributed by atoms with E-state index < -0.39 is 16.0 Å². The standard InChI is InChI=1S/C14H30O4S/c1-5-8-9-10-11-12-13-17-19(15,16)18-14(4,6-2)7-3/h5-13H2,1-4H3. The lowest BCUT2D eigenvalue weighted by molar-refractivity contribution is 0.0623. The number of unbranched alkanes of at least 4 members (excludes halogenated alkanes) is 5. The molecule has 0 bridgehead atoms. The van der Waals surface area contributed by atoms with E-state index in [-0.39, 0.29) is 6.61 Å². The average Bonchev–Trinajstić information content (AvgIpc) is 2.37. The molecule has 0 radical (unpaired) electrons. The molecule has 0 heterocycles. The fraction of sp³-hybridized carbons (Fsp3) is 1.00. The van der Waals surface area contributed by atoms with Crippen LogP contribution in [0, 0.1) is 0 Å². The highest BCUT2D eigenvalue weighted by Crippen LogP contribution is 2.22. The molecule has 4 nitrogen and oxygen atoms in total. The zero-order valence-corrected chi connectivity index (χ0v) is 13.7. The number of hydrogen-bond acceptors (Lipinski definition) is 4. The maximum Gasteiger partial charge on any atom is 0.400 e. The normalized spacial score (nSPS) is 12.8. The van der Waals surface area contributed by atoms with Crippen molar-refractivity contribution in [3.63, 3.8) is 0 Å². The molecule has 0 saturated heterocycles. The Kier molecular flexibility index (Phi) is 9.66. The van der Waals surface area contributed by atoms with Gasteiger partial charge in [-0.25, -0.2) is 8.37 Å². The van der Waals surface area contributed by atoms with Crippen LogP contribution in [-0.2, 0) is 18.8 Å². The molecule has 0 aliphatic heterocycles. The molecule has 0 spiro atoms. The zero-order chi connectivity index (χ0) is 14.8. The minimum Gasteiger partial charge on any atom is -0.248 e. The molecular weight excluding hydrogens is 264 g/mol. The van der Waals surface area contributed by atoms with E-state index >= 15 is 0 Å². The van der Waals surface area contributed by atoms with E-state index in [0.717, 1.165) is 19.3 Å². The van der Waals surface area contributed by atoms with Gasteiger partial charge in [-0.2, -0.15) is 8.42 Å². The van der Waals surface area contributed by atoms with E-state index in [9.17, 15) is 8.42 Å². The molecule has 0 unspecified atom stereocenters. The Morgan fingerprint density at radius 2 is 1.42 bits per heavy atom. The van der Waals surface area contributed by atoms with Crippen LogP contribution in [0.3, 0.4) is 0 Å². The van der Waals surface area contributed by atoms with Crippen LogP contribution in [0.2, 0.25) is 0 Å². The number of rotatable bonds is 12. The van der Waals surface area contributed by atoms with Crippen molar-refractivity contribution in [2.75, 3.05) is 6.61 Å². The second-order valence-corrected chi connectivity index (χ2v) is 6.46. The molecule has 0 aliphatic rings. The SMILES string of the molecule is CCCCCCCCOS(=O)(=O)OC(C)(CC)CC. The molecule has 5 heteroatoms. The summed E-state index contributed by atoms with van der Waals surface area (Å²) in [5, 5.41) is 0. The summed E-state index contributed by atoms with van der Waals surface area (Å²) >= 11 is 0. The molecule has 19 heavy (non-hydrogen) atoms. The van der Waals surface area contributed by atoms with Gasteiger partial charge < -0.3 is 0 Å². The molecule has 0 aliphatic carbocycles. The second-order valence-electron chi connectivity index (χ2n) is 5.24. The second kappa shape index (κ2) is 9.72. The highest BCUT2D eigenvalue weighted by molar-refractivity contribution is 7.81. The summed E-state index contributed by atoms with van der Waals surface area (Å²) < 4.78 is 33.3. The van der Waals surface area contributed by atoms with Crippen LogP contribution < -0.4 is 0 Å². The predicted molar refractivity (Wildman–Crippen MR) is 78.3 cm³/mol. The lowest BCUT2D eigenvalue weighted by Gasteiger charge is -2.25. The molecule has 0 aromatic rings. The van der Waals surface area contributed by atoms with Crippen LogP contribution in [0.1, 0.15) is 79.1 Å². The van der Waals surface area contributed by atoms with Crippen molar-refractivity contribution < 1.29 is 16.8 Å². The first-order chi connectivity index (χ1) is 8.89. The fourth-order valence-electron chi connectivity index (χ4n) is 1.68. The first kappa shape index (κ1) is 18.9. The van der Waals surface area contributed by atoms with Gasteiger partial charge in [-0.15, -0.1) is 0 Å². The summed E-state index contributed by atoms with van der Waals surface area (Å²) in [4.78, 5) is 0. The van der Waals surface area contributed by atoms with E-state index in [0.29, 0.717) is 12.8 Å². The van der Waals surface area contributed by atoms with Gasteiger partial charge >= 0.3 is 10.4 Å². The Hall–Kier alpha value is -0.130. The molecule has 116 valence electrons. The average molecular weight is 294 g/mol. The molecule has 0 saturated carbocycles. The van der Waals surface area contributed by atoms with Crippen LogP contribution in [0.5, 0.6) is 0 Å². The lowest BCUT2D eigenvalue weighted by atomic mass is 10.0. The quantitative estimate of drug-likeness (QED) is 0.506. The summed E-state index contributed by atoms with van der Waals surface area (Å²) in [6.45, 7) is 8.00. The van der Waals surface area contributed by atoms with Crippen LogP contribution in [0.25, 0.3) is 0 Å². The maximum atomic E-state index is 11.7. The van der Waals surface area contributed by atoms with Crippen LogP contribution in [-0.4, -0.2) is 20.6 Å². The summed E-state index contributed by atoms with van der Waals surface area (Å²) in [6.07, 6.45) is 7.87. The van der Waals surface area contributed by atoms with Crippen LogP contribution in [0.4, 0.5) is 0 Å². The third-order valence-electron chi connectivity index (χ3n) is 3.52. The van der Waals surface area contributed by atoms with Crippen molar-refractivity contribution in [3.05, 3.63) is 0 Å². The van der Waals surface area contributed by atoms with Gasteiger partial charge in [-0.05, 0) is 26.2 Å². The van der Waals surface area contributed by atoms with E-state index in [1.54, 1.807) is 6.92 Å². The van der Waals surface area contributed by atoms with Crippen molar-refractivity contribution in [1.29, 1.82) is 0 Å². The molecule has 0 amide bonds. The molecule has 0 aromatic carbocycles. The number of hydrogen-bond donors (Lipinski definition) is 0. The van der Waals surface area contributed by atoms with Gasteiger partial charge in [0.1, 0.15) is 0 Å². The van der Waals surface area contributed by atoms with Crippen molar-refractivity contribution >= 4 is 10.4 Å². The Labute approximate surface area is 119 Å². The van der Waals surface area contributed by atoms with Crippen LogP contribution >= 0.6 is 0 Å². The largest absolute Gasteiger partial charge is 0.400 e. The molecule has 0 atom stereocenters. The van der Waals surface area contributed by atoms with Gasteiger partial charge in [-0.1, -0.05) is 52.9 Å². The third-order valence-corrected chi connectivity index (χ3v) is 4.59. The van der Waals surface area contributed by atoms with Crippen molar-refractivity contribution in [1.82, 2.24) is 0 Å². The Morgan fingerprint density at radius 3 is 1.95 bits per heavy atom. The van der Waals surface area contributed by atoms with Crippen LogP contribution in [0.15, 0.2) is 0 Å². The van der Waals surface area contributed by atoms with Gasteiger partial charge in [0.2, 0.25) is 0 Å². The predicted octanol–water partition coefficient (Wildman–Crippen LogP) is 4.20. The maximum absolute atomic E-state index is 11.7. The summed E-state index contributed by atoms with van der Waals surface area (Å²) in [7, 11) is -3.86. The van der Waals surface area contributed by atoms with E-state index in [4.69, 9.17) is 8.37 Å². The Balaban J connectivity index is 3.86. The summed E-state index contributed by atoms with van der Waals surface area (Å²) in [6, 6.07) is 0. The van der Waals surface area contributed by atoms with Gasteiger partial charge in [0.25, 0.3) is 0 Å². The zero-order valence-electron chi connectivity index (χ0n) is 12.9. The van der Waals surface area contributed by atoms with Crippen molar-refractivity contribution in [2.24, 2.45) is 0 Å². The van der Waals surface area contributed by atoms with E-state index in [2.05, 4.69) is 6.92 Å². The lowest BCUT2D eigenvalue weighted by Crippen LogP contribution is -2.31. The Bertz CT molecular complexity index is 307. The smallest absolute Gasteiger partial charge is 0.248 e. The van der Waals surface area contributed by atoms with Gasteiger partial charge in [0, 0.05) is 0 Å². The Morgan fingerprint density at radius 1 is 0.895 bits per heavy atom. The molecule has 0 rings (SSSR count). The molecule has 0 aromatic heterocycles. The molecular formula is C14H30O4S. The molecule has 0 N–H and O–H groups in total. The summed E-state index contributed by atoms with van der Waals surface area (Å²) in [5.74, 6) is 0. The topological polar surface area (TPSA) is 52.6 Å². The van der Waals surface area contributed by atoms with E-state index in [1.807, 2.05) is 13.8 Å². The highest BCUT2D eigenvalue weighted by Gasteiger charge is 2.28. The summed E-state index contributed by atoms with van der Waals surface area (Å²) in [5.41, 5.74) is -0.653. The van der Waals surface area contributed by atoms with Crippen molar-refractivity contribution in [3.8, 4) is 0 Å². The molecule has 0 fully saturated rings. The minimum absolute atomic E-state index is 0.220. The monoisotopic (exact) mass is 294 g/mol. The highest BCUT2D eigenvalue weighted by atomic mass is 32.3. The van der Waals surface area contributed by atoms with Gasteiger partial charge in [0.15, 0.2) is 0 Å². The first-order valence-electron chi connectivity index (χ1n) is 7.49. The fourth-order valence-corrected chi connectivity index (χ4v) is 2.78. The first-order valence-corrected chi connectivity index (χ1v) is 8.82. The van der Waals surface area contributed by atoms with Crippen molar-refractivity contribution in [2.45, 2.75) is 84.7 Å². The van der Waals surface area contributed by atoms with Gasteiger partial charge in [-0.3, -0.25) is 0 Å².